The van der Waals surface area contributed by atoms with Gasteiger partial charge >= 0.3 is 0 Å². The van der Waals surface area contributed by atoms with Crippen LogP contribution in [0, 0.1) is 16.7 Å². The summed E-state index contributed by atoms with van der Waals surface area (Å²) in [6, 6.07) is 13.7. The molecule has 2 bridgehead atoms. The number of fused-ring (bicyclic) bond motifs is 2. The van der Waals surface area contributed by atoms with E-state index in [1.165, 1.54) is 4.90 Å². The average Bonchev–Trinajstić information content (AvgIpc) is 2.91. The molecule has 1 saturated heterocycles. The van der Waals surface area contributed by atoms with Gasteiger partial charge in [-0.15, -0.1) is 0 Å². The first-order valence-corrected chi connectivity index (χ1v) is 10.1. The summed E-state index contributed by atoms with van der Waals surface area (Å²) in [6.07, 6.45) is 1.41. The lowest BCUT2D eigenvalue weighted by molar-refractivity contribution is -0.146. The molecule has 1 aliphatic heterocycles. The van der Waals surface area contributed by atoms with Gasteiger partial charge in [0.15, 0.2) is 0 Å². The van der Waals surface area contributed by atoms with Crippen molar-refractivity contribution in [2.24, 2.45) is 16.7 Å². The molecule has 6 heteroatoms. The van der Waals surface area contributed by atoms with Gasteiger partial charge < -0.3 is 10.1 Å². The molecule has 1 aliphatic carbocycles. The SMILES string of the molecule is COc1cccc(NC(=O)c2cccc(N3C(=O)[C@H]4CC[C@@](C)(C3=O)C4(C)C)c2)c1. The van der Waals surface area contributed by atoms with E-state index in [1.54, 1.807) is 55.6 Å². The third-order valence-electron chi connectivity index (χ3n) is 7.11. The molecule has 2 aromatic carbocycles. The molecule has 0 aromatic heterocycles. The van der Waals surface area contributed by atoms with Crippen LogP contribution in [0.2, 0.25) is 0 Å². The minimum atomic E-state index is -0.593. The lowest BCUT2D eigenvalue weighted by atomic mass is 9.62. The molecule has 3 amide bonds. The van der Waals surface area contributed by atoms with Crippen molar-refractivity contribution in [3.63, 3.8) is 0 Å². The van der Waals surface area contributed by atoms with Gasteiger partial charge in [0.05, 0.1) is 18.2 Å². The number of ether oxygens (including phenoxy) is 1. The Kier molecular flexibility index (Phi) is 4.68. The van der Waals surface area contributed by atoms with Crippen molar-refractivity contribution in [3.8, 4) is 5.75 Å². The zero-order chi connectivity index (χ0) is 21.7. The molecule has 0 radical (unpaired) electrons. The molecule has 2 aliphatic rings. The van der Waals surface area contributed by atoms with E-state index < -0.39 is 5.41 Å². The minimum absolute atomic E-state index is 0.176. The maximum atomic E-state index is 13.4. The van der Waals surface area contributed by atoms with E-state index in [9.17, 15) is 14.4 Å². The van der Waals surface area contributed by atoms with Crippen molar-refractivity contribution in [2.45, 2.75) is 33.6 Å². The number of nitrogens with one attached hydrogen (secondary N) is 1. The quantitative estimate of drug-likeness (QED) is 0.770. The highest BCUT2D eigenvalue weighted by atomic mass is 16.5. The maximum absolute atomic E-state index is 13.4. The Labute approximate surface area is 176 Å². The van der Waals surface area contributed by atoms with Gasteiger partial charge in [-0.2, -0.15) is 0 Å². The molecule has 1 saturated carbocycles. The third kappa shape index (κ3) is 2.90. The summed E-state index contributed by atoms with van der Waals surface area (Å²) >= 11 is 0. The molecule has 1 N–H and O–H groups in total. The number of anilines is 2. The van der Waals surface area contributed by atoms with E-state index in [4.69, 9.17) is 4.74 Å². The topological polar surface area (TPSA) is 75.7 Å². The molecule has 30 heavy (non-hydrogen) atoms. The van der Waals surface area contributed by atoms with Crippen LogP contribution in [0.25, 0.3) is 0 Å². The smallest absolute Gasteiger partial charge is 0.255 e. The molecule has 6 nitrogen and oxygen atoms in total. The Bertz CT molecular complexity index is 1050. The second-order valence-electron chi connectivity index (χ2n) is 8.86. The number of benzene rings is 2. The van der Waals surface area contributed by atoms with Crippen LogP contribution in [0.5, 0.6) is 5.75 Å². The highest BCUT2D eigenvalue weighted by molar-refractivity contribution is 6.21. The number of piperidine rings is 1. The second kappa shape index (κ2) is 6.97. The summed E-state index contributed by atoms with van der Waals surface area (Å²) in [6.45, 7) is 5.97. The number of carbonyl (C=O) groups is 3. The molecule has 2 aromatic rings. The van der Waals surface area contributed by atoms with Crippen molar-refractivity contribution in [2.75, 3.05) is 17.3 Å². The molecule has 2 atom stereocenters. The lowest BCUT2D eigenvalue weighted by Crippen LogP contribution is -2.59. The predicted octanol–water partition coefficient (Wildman–Crippen LogP) is 4.26. The Morgan fingerprint density at radius 2 is 1.83 bits per heavy atom. The fourth-order valence-electron chi connectivity index (χ4n) is 4.75. The second-order valence-corrected chi connectivity index (χ2v) is 8.86. The maximum Gasteiger partial charge on any atom is 0.255 e. The van der Waals surface area contributed by atoms with Crippen LogP contribution < -0.4 is 15.0 Å². The van der Waals surface area contributed by atoms with E-state index in [2.05, 4.69) is 5.32 Å². The van der Waals surface area contributed by atoms with Crippen LogP contribution in [-0.4, -0.2) is 24.8 Å². The Morgan fingerprint density at radius 1 is 1.10 bits per heavy atom. The van der Waals surface area contributed by atoms with Crippen molar-refractivity contribution in [1.82, 2.24) is 0 Å². The number of hydrogen-bond acceptors (Lipinski definition) is 4. The van der Waals surface area contributed by atoms with Gasteiger partial charge in [0.2, 0.25) is 11.8 Å². The summed E-state index contributed by atoms with van der Waals surface area (Å²) in [7, 11) is 1.56. The number of nitrogens with zero attached hydrogens (tertiary/aromatic N) is 1. The largest absolute Gasteiger partial charge is 0.497 e. The number of imide groups is 1. The lowest BCUT2D eigenvalue weighted by Gasteiger charge is -2.47. The van der Waals surface area contributed by atoms with Crippen molar-refractivity contribution < 1.29 is 19.1 Å². The highest BCUT2D eigenvalue weighted by Gasteiger charge is 2.64. The standard InChI is InChI=1S/C24H26N2O4/c1-23(2)19-11-12-24(23,3)22(29)26(21(19)28)17-9-5-7-15(13-17)20(27)25-16-8-6-10-18(14-16)30-4/h5-10,13-14,19H,11-12H2,1-4H3,(H,25,27)/t19-,24+/m1/s1. The summed E-state index contributed by atoms with van der Waals surface area (Å²) in [5.74, 6) is -0.245. The van der Waals surface area contributed by atoms with Crippen LogP contribution in [0.4, 0.5) is 11.4 Å². The van der Waals surface area contributed by atoms with E-state index in [1.807, 2.05) is 20.8 Å². The first-order valence-electron chi connectivity index (χ1n) is 10.1. The Hall–Kier alpha value is -3.15. The fourth-order valence-corrected chi connectivity index (χ4v) is 4.75. The Balaban J connectivity index is 1.63. The molecule has 4 rings (SSSR count). The summed E-state index contributed by atoms with van der Waals surface area (Å²) in [5, 5.41) is 2.83. The van der Waals surface area contributed by atoms with Crippen LogP contribution in [-0.2, 0) is 9.59 Å². The summed E-state index contributed by atoms with van der Waals surface area (Å²) in [4.78, 5) is 40.6. The highest BCUT2D eigenvalue weighted by Crippen LogP contribution is 2.60. The van der Waals surface area contributed by atoms with Crippen molar-refractivity contribution in [3.05, 3.63) is 54.1 Å². The van der Waals surface area contributed by atoms with Gasteiger partial charge in [-0.25, -0.2) is 4.90 Å². The molecule has 1 heterocycles. The molecule has 2 fully saturated rings. The Morgan fingerprint density at radius 3 is 2.57 bits per heavy atom. The summed E-state index contributed by atoms with van der Waals surface area (Å²) in [5.41, 5.74) is 0.445. The molecular weight excluding hydrogens is 380 g/mol. The first kappa shape index (κ1) is 20.1. The zero-order valence-electron chi connectivity index (χ0n) is 17.7. The van der Waals surface area contributed by atoms with Crippen molar-refractivity contribution in [1.29, 1.82) is 0 Å². The van der Waals surface area contributed by atoms with Crippen molar-refractivity contribution >= 4 is 29.1 Å². The van der Waals surface area contributed by atoms with Crippen LogP contribution >= 0.6 is 0 Å². The van der Waals surface area contributed by atoms with Gasteiger partial charge in [0.1, 0.15) is 5.75 Å². The van der Waals surface area contributed by atoms with E-state index in [0.717, 1.165) is 0 Å². The monoisotopic (exact) mass is 406 g/mol. The number of rotatable bonds is 4. The van der Waals surface area contributed by atoms with Gasteiger partial charge in [-0.1, -0.05) is 32.9 Å². The van der Waals surface area contributed by atoms with Gasteiger partial charge in [-0.05, 0) is 48.6 Å². The molecule has 0 unspecified atom stereocenters. The number of hydrogen-bond donors (Lipinski definition) is 1. The van der Waals surface area contributed by atoms with E-state index in [0.29, 0.717) is 35.5 Å². The summed E-state index contributed by atoms with van der Waals surface area (Å²) < 4.78 is 5.18. The van der Waals surface area contributed by atoms with E-state index in [-0.39, 0.29) is 29.1 Å². The molecular formula is C24H26N2O4. The van der Waals surface area contributed by atoms with Crippen LogP contribution in [0.15, 0.2) is 48.5 Å². The fraction of sp³-hybridized carbons (Fsp3) is 0.375. The number of carbonyl (C=O) groups excluding carboxylic acids is 3. The first-order chi connectivity index (χ1) is 14.2. The average molecular weight is 406 g/mol. The zero-order valence-corrected chi connectivity index (χ0v) is 17.7. The number of methoxy groups -OCH3 is 1. The van der Waals surface area contributed by atoms with Crippen LogP contribution in [0.3, 0.4) is 0 Å². The van der Waals surface area contributed by atoms with E-state index >= 15 is 0 Å². The number of amides is 3. The third-order valence-corrected chi connectivity index (χ3v) is 7.11. The normalized spacial score (nSPS) is 24.7. The van der Waals surface area contributed by atoms with Gasteiger partial charge in [0.25, 0.3) is 5.91 Å². The molecule has 0 spiro atoms. The predicted molar refractivity (Wildman–Crippen MR) is 114 cm³/mol. The molecule has 156 valence electrons. The van der Waals surface area contributed by atoms with Gasteiger partial charge in [-0.3, -0.25) is 14.4 Å². The van der Waals surface area contributed by atoms with Crippen LogP contribution in [0.1, 0.15) is 44.0 Å². The minimum Gasteiger partial charge on any atom is -0.497 e. The van der Waals surface area contributed by atoms with Gasteiger partial charge in [0, 0.05) is 23.2 Å².